The van der Waals surface area contributed by atoms with Crippen LogP contribution in [0.15, 0.2) is 160 Å². The van der Waals surface area contributed by atoms with E-state index in [-0.39, 0.29) is 17.5 Å². The Bertz CT molecular complexity index is 4020. The van der Waals surface area contributed by atoms with Gasteiger partial charge in [0.25, 0.3) is 0 Å². The van der Waals surface area contributed by atoms with E-state index in [0.29, 0.717) is 83.6 Å². The maximum atomic E-state index is 15.0. The molecule has 2 N–H and O–H groups in total. The summed E-state index contributed by atoms with van der Waals surface area (Å²) in [4.78, 5) is 58.4. The van der Waals surface area contributed by atoms with E-state index >= 15 is 4.39 Å². The maximum absolute atomic E-state index is 15.0. The van der Waals surface area contributed by atoms with Crippen LogP contribution in [0.5, 0.6) is 23.0 Å². The zero-order valence-corrected chi connectivity index (χ0v) is 41.8. The Hall–Kier alpha value is -10.2. The molecule has 10 aromatic rings. The maximum Gasteiger partial charge on any atom is 0.246 e. The highest BCUT2D eigenvalue weighted by atomic mass is 19.1. The summed E-state index contributed by atoms with van der Waals surface area (Å²) in [5.41, 5.74) is 10.3. The van der Waals surface area contributed by atoms with Gasteiger partial charge in [-0.3, -0.25) is 9.59 Å². The van der Waals surface area contributed by atoms with Crippen molar-refractivity contribution in [2.75, 3.05) is 36.8 Å². The minimum absolute atomic E-state index is 0.0576. The molecule has 0 fully saturated rings. The molecule has 2 amide bonds. The smallest absolute Gasteiger partial charge is 0.246 e. The first-order valence-corrected chi connectivity index (χ1v) is 24.5. The molecule has 2 aliphatic rings. The number of carbonyl (C=O) groups excluding carboxylic acids is 2. The first-order valence-electron chi connectivity index (χ1n) is 24.5. The SMILES string of the molecule is C=CC(=O)N1CC=C(c2ccc3ncnc(Nc4ccc(Oc5ccn6nccc6c5)c(C)c4)c3n2)CC1.C=CC(=O)N1CC=C(c2ncc3ncc(F)c(Nc4ccc(Oc5ccn6ncnc6c5)c(C)c4)c3n2)CC1. The number of fused-ring (bicyclic) bond motifs is 4. The van der Waals surface area contributed by atoms with E-state index in [2.05, 4.69) is 63.9 Å². The number of benzene rings is 2. The van der Waals surface area contributed by atoms with E-state index in [4.69, 9.17) is 14.5 Å². The molecule has 382 valence electrons. The van der Waals surface area contributed by atoms with E-state index in [1.807, 2.05) is 92.9 Å². The van der Waals surface area contributed by atoms with Gasteiger partial charge < -0.3 is 29.9 Å². The number of hydrogen-bond acceptors (Lipinski definition) is 15. The molecule has 0 aliphatic carbocycles. The quantitative estimate of drug-likeness (QED) is 0.109. The Balaban J connectivity index is 0.000000164. The monoisotopic (exact) mass is 1030 g/mol. The average Bonchev–Trinajstić information content (AvgIpc) is 4.16. The fraction of sp³-hybridized carbons (Fsp3) is 0.140. The van der Waals surface area contributed by atoms with Crippen LogP contribution in [0.2, 0.25) is 0 Å². The highest BCUT2D eigenvalue weighted by Crippen LogP contribution is 2.34. The predicted octanol–water partition coefficient (Wildman–Crippen LogP) is 10.2. The average molecular weight is 1030 g/mol. The first-order chi connectivity index (χ1) is 37.5. The lowest BCUT2D eigenvalue weighted by molar-refractivity contribution is -0.126. The highest BCUT2D eigenvalue weighted by Gasteiger charge is 2.21. The molecule has 0 spiro atoms. The van der Waals surface area contributed by atoms with Crippen LogP contribution in [0.25, 0.3) is 44.4 Å². The standard InChI is InChI=1S/C29H25N7O2.C28H23FN8O2/c1-3-27(37)35-13-9-20(10-14-35)24-5-6-25-28(34-24)29(31-18-30-25)33-21-4-7-26(19(2)16-21)38-23-11-15-36-22(17-23)8-12-32-36;1-3-25(38)36-9-6-18(7-10-36)28-31-15-22-27(35-28)26(21(29)14-30-22)34-19-4-5-23(17(2)12-19)39-20-8-11-37-24(13-20)32-16-33-37/h3-9,11-12,15-18H,1,10,13-14H2,2H3,(H,30,31,33);3-6,8,11-16H,1,7,9-10H2,2H3,(H,30,34). The largest absolute Gasteiger partial charge is 0.457 e. The van der Waals surface area contributed by atoms with Gasteiger partial charge in [0.05, 0.1) is 29.1 Å². The van der Waals surface area contributed by atoms with Gasteiger partial charge in [-0.15, -0.1) is 0 Å². The number of ether oxygens (including phenoxy) is 2. The number of aromatic nitrogens is 11. The van der Waals surface area contributed by atoms with Crippen molar-refractivity contribution in [1.29, 1.82) is 0 Å². The van der Waals surface area contributed by atoms with Crippen LogP contribution >= 0.6 is 0 Å². The van der Waals surface area contributed by atoms with Crippen molar-refractivity contribution in [3.63, 3.8) is 0 Å². The molecule has 2 aromatic carbocycles. The van der Waals surface area contributed by atoms with Crippen molar-refractivity contribution in [1.82, 2.24) is 63.9 Å². The molecule has 77 heavy (non-hydrogen) atoms. The van der Waals surface area contributed by atoms with E-state index in [1.54, 1.807) is 55.6 Å². The van der Waals surface area contributed by atoms with E-state index in [0.717, 1.165) is 68.8 Å². The summed E-state index contributed by atoms with van der Waals surface area (Å²) >= 11 is 0. The van der Waals surface area contributed by atoms with Crippen LogP contribution < -0.4 is 20.1 Å². The fourth-order valence-electron chi connectivity index (χ4n) is 8.92. The summed E-state index contributed by atoms with van der Waals surface area (Å²) in [6.45, 7) is 13.2. The lowest BCUT2D eigenvalue weighted by atomic mass is 10.0. The second kappa shape index (κ2) is 21.3. The van der Waals surface area contributed by atoms with Gasteiger partial charge in [-0.2, -0.15) is 10.2 Å². The number of carbonyl (C=O) groups is 2. The topological polar surface area (TPSA) is 208 Å². The molecule has 19 nitrogen and oxygen atoms in total. The minimum Gasteiger partial charge on any atom is -0.457 e. The summed E-state index contributed by atoms with van der Waals surface area (Å²) in [6.07, 6.45) is 19.1. The van der Waals surface area contributed by atoms with Crippen LogP contribution in [-0.4, -0.2) is 102 Å². The van der Waals surface area contributed by atoms with Crippen molar-refractivity contribution in [2.24, 2.45) is 0 Å². The lowest BCUT2D eigenvalue weighted by Gasteiger charge is -2.25. The molecule has 0 saturated carbocycles. The number of aryl methyl sites for hydroxylation is 2. The lowest BCUT2D eigenvalue weighted by Crippen LogP contribution is -2.33. The van der Waals surface area contributed by atoms with Gasteiger partial charge in [-0.05, 0) is 128 Å². The number of nitrogens with one attached hydrogen (secondary N) is 2. The van der Waals surface area contributed by atoms with Gasteiger partial charge in [0, 0.05) is 68.3 Å². The summed E-state index contributed by atoms with van der Waals surface area (Å²) in [5.74, 6) is 3.18. The molecule has 12 rings (SSSR count). The normalized spacial score (nSPS) is 13.4. The number of halogens is 1. The number of pyridine rings is 4. The molecule has 20 heteroatoms. The highest BCUT2D eigenvalue weighted by molar-refractivity contribution is 5.92. The second-order valence-corrected chi connectivity index (χ2v) is 18.0. The third-order valence-electron chi connectivity index (χ3n) is 13.0. The minimum atomic E-state index is -0.535. The first kappa shape index (κ1) is 49.0. The van der Waals surface area contributed by atoms with E-state index in [1.165, 1.54) is 24.8 Å². The van der Waals surface area contributed by atoms with Gasteiger partial charge in [-0.25, -0.2) is 48.3 Å². The Morgan fingerprint density at radius 1 is 0.649 bits per heavy atom. The molecule has 0 radical (unpaired) electrons. The molecule has 0 atom stereocenters. The van der Waals surface area contributed by atoms with Gasteiger partial charge in [0.15, 0.2) is 23.1 Å². The summed E-state index contributed by atoms with van der Waals surface area (Å²) in [7, 11) is 0. The zero-order chi connectivity index (χ0) is 53.0. The molecule has 0 unspecified atom stereocenters. The summed E-state index contributed by atoms with van der Waals surface area (Å²) in [5, 5.41) is 14.9. The van der Waals surface area contributed by atoms with Crippen molar-refractivity contribution < 1.29 is 23.5 Å². The van der Waals surface area contributed by atoms with Gasteiger partial charge in [-0.1, -0.05) is 25.3 Å². The van der Waals surface area contributed by atoms with Gasteiger partial charge >= 0.3 is 0 Å². The molecule has 2 aliphatic heterocycles. The van der Waals surface area contributed by atoms with Crippen molar-refractivity contribution in [3.8, 4) is 23.0 Å². The summed E-state index contributed by atoms with van der Waals surface area (Å²) < 4.78 is 30.7. The van der Waals surface area contributed by atoms with Crippen LogP contribution in [0.1, 0.15) is 35.5 Å². The number of amides is 2. The van der Waals surface area contributed by atoms with Crippen molar-refractivity contribution >= 4 is 79.1 Å². The zero-order valence-electron chi connectivity index (χ0n) is 41.8. The molecule has 10 heterocycles. The Morgan fingerprint density at radius 3 is 2.03 bits per heavy atom. The van der Waals surface area contributed by atoms with Crippen LogP contribution in [0, 0.1) is 19.7 Å². The molecular weight excluding hydrogens is 978 g/mol. The van der Waals surface area contributed by atoms with E-state index < -0.39 is 5.82 Å². The molecular formula is C57H48FN15O4. The van der Waals surface area contributed by atoms with Crippen LogP contribution in [0.3, 0.4) is 0 Å². The van der Waals surface area contributed by atoms with Crippen molar-refractivity contribution in [3.05, 3.63) is 188 Å². The van der Waals surface area contributed by atoms with Crippen LogP contribution in [0.4, 0.5) is 27.3 Å². The number of rotatable bonds is 12. The third-order valence-corrected chi connectivity index (χ3v) is 13.0. The molecule has 0 bridgehead atoms. The third kappa shape index (κ3) is 10.6. The molecule has 8 aromatic heterocycles. The number of anilines is 4. The van der Waals surface area contributed by atoms with Crippen molar-refractivity contribution in [2.45, 2.75) is 26.7 Å². The Labute approximate surface area is 439 Å². The summed E-state index contributed by atoms with van der Waals surface area (Å²) in [6, 6.07) is 24.7. The number of hydrogen-bond donors (Lipinski definition) is 2. The second-order valence-electron chi connectivity index (χ2n) is 18.0. The molecule has 0 saturated heterocycles. The predicted molar refractivity (Wildman–Crippen MR) is 291 cm³/mol. The fourth-order valence-corrected chi connectivity index (χ4v) is 8.92. The van der Waals surface area contributed by atoms with Gasteiger partial charge in [0.1, 0.15) is 57.9 Å². The Kier molecular flexibility index (Phi) is 13.6. The van der Waals surface area contributed by atoms with Gasteiger partial charge in [0.2, 0.25) is 11.8 Å². The van der Waals surface area contributed by atoms with E-state index in [9.17, 15) is 9.59 Å². The van der Waals surface area contributed by atoms with Crippen LogP contribution in [-0.2, 0) is 9.59 Å². The Morgan fingerprint density at radius 2 is 1.34 bits per heavy atom. The number of nitrogens with zero attached hydrogens (tertiary/aromatic N) is 13.